The zero-order valence-electron chi connectivity index (χ0n) is 8.49. The van der Waals surface area contributed by atoms with Crippen LogP contribution in [0.5, 0.6) is 0 Å². The summed E-state index contributed by atoms with van der Waals surface area (Å²) in [6.45, 7) is 4.82. The number of amides is 1. The Labute approximate surface area is 79.7 Å². The molecule has 0 N–H and O–H groups in total. The van der Waals surface area contributed by atoms with E-state index >= 15 is 0 Å². The Hall–Kier alpha value is -0.570. The highest BCUT2D eigenvalue weighted by atomic mass is 16.2. The predicted octanol–water partition coefficient (Wildman–Crippen LogP) is 0.559. The van der Waals surface area contributed by atoms with Gasteiger partial charge in [-0.05, 0) is 32.4 Å². The lowest BCUT2D eigenvalue weighted by Crippen LogP contribution is -2.42. The van der Waals surface area contributed by atoms with Gasteiger partial charge in [-0.25, -0.2) is 0 Å². The molecular formula is C10H18N2O. The number of rotatable bonds is 0. The van der Waals surface area contributed by atoms with E-state index in [1.807, 2.05) is 4.90 Å². The van der Waals surface area contributed by atoms with Crippen molar-refractivity contribution in [2.75, 3.05) is 26.7 Å². The van der Waals surface area contributed by atoms with E-state index < -0.39 is 0 Å². The maximum Gasteiger partial charge on any atom is 0.219 e. The molecule has 13 heavy (non-hydrogen) atoms. The summed E-state index contributed by atoms with van der Waals surface area (Å²) in [7, 11) is 2.18. The van der Waals surface area contributed by atoms with Crippen molar-refractivity contribution in [1.82, 2.24) is 9.80 Å². The van der Waals surface area contributed by atoms with E-state index in [0.29, 0.717) is 6.04 Å². The molecule has 2 rings (SSSR count). The Morgan fingerprint density at radius 2 is 2.15 bits per heavy atom. The van der Waals surface area contributed by atoms with Crippen molar-refractivity contribution in [3.8, 4) is 0 Å². The van der Waals surface area contributed by atoms with E-state index in [1.165, 1.54) is 19.4 Å². The lowest BCUT2D eigenvalue weighted by Gasteiger charge is -2.33. The minimum Gasteiger partial charge on any atom is -0.341 e. The van der Waals surface area contributed by atoms with Crippen molar-refractivity contribution < 1.29 is 4.79 Å². The molecule has 0 aliphatic carbocycles. The molecule has 0 radical (unpaired) electrons. The second-order valence-electron chi connectivity index (χ2n) is 4.37. The van der Waals surface area contributed by atoms with Gasteiger partial charge in [-0.3, -0.25) is 4.79 Å². The molecule has 74 valence electrons. The summed E-state index contributed by atoms with van der Waals surface area (Å²) in [6.07, 6.45) is 2.60. The minimum absolute atomic E-state index is 0.239. The first-order chi connectivity index (χ1) is 6.18. The topological polar surface area (TPSA) is 23.6 Å². The van der Waals surface area contributed by atoms with Crippen molar-refractivity contribution in [2.45, 2.75) is 25.8 Å². The fourth-order valence-electron chi connectivity index (χ4n) is 2.66. The highest BCUT2D eigenvalue weighted by Gasteiger charge is 2.38. The van der Waals surface area contributed by atoms with E-state index in [-0.39, 0.29) is 5.91 Å². The number of hydrogen-bond donors (Lipinski definition) is 0. The maximum absolute atomic E-state index is 11.2. The lowest BCUT2D eigenvalue weighted by atomic mass is 9.93. The largest absolute Gasteiger partial charge is 0.341 e. The van der Waals surface area contributed by atoms with Crippen LogP contribution in [0.25, 0.3) is 0 Å². The zero-order chi connectivity index (χ0) is 9.42. The molecule has 0 aromatic heterocycles. The molecule has 0 aromatic carbocycles. The maximum atomic E-state index is 11.2. The normalized spacial score (nSPS) is 34.8. The Morgan fingerprint density at radius 1 is 1.38 bits per heavy atom. The molecule has 2 heterocycles. The van der Waals surface area contributed by atoms with Gasteiger partial charge in [0.2, 0.25) is 5.91 Å². The van der Waals surface area contributed by atoms with Crippen molar-refractivity contribution in [3.05, 3.63) is 0 Å². The van der Waals surface area contributed by atoms with E-state index in [1.54, 1.807) is 6.92 Å². The molecule has 0 saturated carbocycles. The predicted molar refractivity (Wildman–Crippen MR) is 51.4 cm³/mol. The highest BCUT2D eigenvalue weighted by Crippen LogP contribution is 2.29. The number of piperidine rings is 1. The molecule has 2 aliphatic heterocycles. The zero-order valence-corrected chi connectivity index (χ0v) is 8.49. The Bertz CT molecular complexity index is 217. The van der Waals surface area contributed by atoms with Gasteiger partial charge in [0.25, 0.3) is 0 Å². The third kappa shape index (κ3) is 1.57. The van der Waals surface area contributed by atoms with Gasteiger partial charge >= 0.3 is 0 Å². The molecule has 0 spiro atoms. The summed E-state index contributed by atoms with van der Waals surface area (Å²) in [4.78, 5) is 15.6. The van der Waals surface area contributed by atoms with Crippen LogP contribution in [0.3, 0.4) is 0 Å². The van der Waals surface area contributed by atoms with Crippen LogP contribution >= 0.6 is 0 Å². The third-order valence-electron chi connectivity index (χ3n) is 3.50. The molecule has 2 saturated heterocycles. The van der Waals surface area contributed by atoms with E-state index in [9.17, 15) is 4.79 Å². The SMILES string of the molecule is CC(=O)N1C[C@@H]2CCCN(C)[C@@H]2C1. The van der Waals surface area contributed by atoms with E-state index in [0.717, 1.165) is 19.0 Å². The average molecular weight is 182 g/mol. The summed E-state index contributed by atoms with van der Waals surface area (Å²) in [6, 6.07) is 0.637. The number of carbonyl (C=O) groups excluding carboxylic acids is 1. The summed E-state index contributed by atoms with van der Waals surface area (Å²) in [5, 5.41) is 0. The fourth-order valence-corrected chi connectivity index (χ4v) is 2.66. The van der Waals surface area contributed by atoms with Crippen LogP contribution in [0.2, 0.25) is 0 Å². The van der Waals surface area contributed by atoms with Gasteiger partial charge in [-0.1, -0.05) is 0 Å². The van der Waals surface area contributed by atoms with Crippen molar-refractivity contribution in [1.29, 1.82) is 0 Å². The van der Waals surface area contributed by atoms with Crippen molar-refractivity contribution in [3.63, 3.8) is 0 Å². The number of likely N-dealkylation sites (tertiary alicyclic amines) is 2. The minimum atomic E-state index is 0.239. The molecular weight excluding hydrogens is 164 g/mol. The number of carbonyl (C=O) groups is 1. The summed E-state index contributed by atoms with van der Waals surface area (Å²) in [5.74, 6) is 0.977. The molecule has 0 bridgehead atoms. The molecule has 1 amide bonds. The molecule has 0 unspecified atom stereocenters. The van der Waals surface area contributed by atoms with Gasteiger partial charge in [0.1, 0.15) is 0 Å². The fraction of sp³-hybridized carbons (Fsp3) is 0.900. The summed E-state index contributed by atoms with van der Waals surface area (Å²) < 4.78 is 0. The number of likely N-dealkylation sites (N-methyl/N-ethyl adjacent to an activating group) is 1. The van der Waals surface area contributed by atoms with Crippen LogP contribution < -0.4 is 0 Å². The molecule has 2 atom stereocenters. The highest BCUT2D eigenvalue weighted by molar-refractivity contribution is 5.73. The lowest BCUT2D eigenvalue weighted by molar-refractivity contribution is -0.128. The second-order valence-corrected chi connectivity index (χ2v) is 4.37. The van der Waals surface area contributed by atoms with Gasteiger partial charge in [-0.15, -0.1) is 0 Å². The van der Waals surface area contributed by atoms with Crippen LogP contribution in [0.4, 0.5) is 0 Å². The molecule has 0 aromatic rings. The molecule has 2 fully saturated rings. The van der Waals surface area contributed by atoms with Crippen LogP contribution in [-0.2, 0) is 4.79 Å². The number of nitrogens with zero attached hydrogens (tertiary/aromatic N) is 2. The Balaban J connectivity index is 2.04. The van der Waals surface area contributed by atoms with Crippen LogP contribution in [-0.4, -0.2) is 48.4 Å². The molecule has 3 heteroatoms. The third-order valence-corrected chi connectivity index (χ3v) is 3.50. The molecule has 3 nitrogen and oxygen atoms in total. The Morgan fingerprint density at radius 3 is 2.77 bits per heavy atom. The first-order valence-corrected chi connectivity index (χ1v) is 5.14. The first-order valence-electron chi connectivity index (χ1n) is 5.14. The second kappa shape index (κ2) is 3.29. The summed E-state index contributed by atoms with van der Waals surface area (Å²) >= 11 is 0. The van der Waals surface area contributed by atoms with Crippen LogP contribution in [0.1, 0.15) is 19.8 Å². The van der Waals surface area contributed by atoms with Gasteiger partial charge in [0.05, 0.1) is 0 Å². The quantitative estimate of drug-likeness (QED) is 0.546. The monoisotopic (exact) mass is 182 g/mol. The first kappa shape index (κ1) is 9.00. The van der Waals surface area contributed by atoms with E-state index in [2.05, 4.69) is 11.9 Å². The number of hydrogen-bond acceptors (Lipinski definition) is 2. The van der Waals surface area contributed by atoms with Gasteiger partial charge in [0, 0.05) is 26.1 Å². The van der Waals surface area contributed by atoms with E-state index in [4.69, 9.17) is 0 Å². The van der Waals surface area contributed by atoms with Crippen molar-refractivity contribution in [2.24, 2.45) is 5.92 Å². The van der Waals surface area contributed by atoms with Gasteiger partial charge in [0.15, 0.2) is 0 Å². The number of fused-ring (bicyclic) bond motifs is 1. The standard InChI is InChI=1S/C10H18N2O/c1-8(13)12-6-9-4-3-5-11(2)10(9)7-12/h9-10H,3-7H2,1-2H3/t9-,10+/m0/s1. The smallest absolute Gasteiger partial charge is 0.219 e. The molecule has 2 aliphatic rings. The van der Waals surface area contributed by atoms with Gasteiger partial charge < -0.3 is 9.80 Å². The summed E-state index contributed by atoms with van der Waals surface area (Å²) in [5.41, 5.74) is 0. The van der Waals surface area contributed by atoms with Crippen molar-refractivity contribution >= 4 is 5.91 Å². The van der Waals surface area contributed by atoms with Crippen LogP contribution in [0, 0.1) is 5.92 Å². The average Bonchev–Trinajstić information content (AvgIpc) is 2.49. The Kier molecular flexibility index (Phi) is 2.28. The van der Waals surface area contributed by atoms with Gasteiger partial charge in [-0.2, -0.15) is 0 Å². The van der Waals surface area contributed by atoms with Crippen LogP contribution in [0.15, 0.2) is 0 Å².